The third-order valence-corrected chi connectivity index (χ3v) is 4.47. The predicted molar refractivity (Wildman–Crippen MR) is 77.7 cm³/mol. The number of nitrogens with one attached hydrogen (secondary N) is 1. The van der Waals surface area contributed by atoms with Crippen LogP contribution in [0, 0.1) is 19.8 Å². The van der Waals surface area contributed by atoms with Gasteiger partial charge in [0.05, 0.1) is 0 Å². The first-order valence-electron chi connectivity index (χ1n) is 7.12. The van der Waals surface area contributed by atoms with Gasteiger partial charge in [0.1, 0.15) is 0 Å². The summed E-state index contributed by atoms with van der Waals surface area (Å²) in [4.78, 5) is 0. The van der Waals surface area contributed by atoms with Crippen molar-refractivity contribution in [1.82, 2.24) is 5.32 Å². The highest BCUT2D eigenvalue weighted by Gasteiger charge is 2.26. The Hall–Kier alpha value is -0.860. The van der Waals surface area contributed by atoms with E-state index in [1.165, 1.54) is 42.4 Å². The van der Waals surface area contributed by atoms with E-state index in [1.54, 1.807) is 0 Å². The number of nitrogens with two attached hydrogens (primary N) is 1. The van der Waals surface area contributed by atoms with Crippen LogP contribution in [0.4, 0.5) is 0 Å². The summed E-state index contributed by atoms with van der Waals surface area (Å²) in [5.74, 6) is 0.649. The molecule has 2 nitrogen and oxygen atoms in total. The van der Waals surface area contributed by atoms with E-state index in [9.17, 15) is 0 Å². The van der Waals surface area contributed by atoms with Gasteiger partial charge in [-0.2, -0.15) is 0 Å². The van der Waals surface area contributed by atoms with Crippen LogP contribution in [0.5, 0.6) is 0 Å². The van der Waals surface area contributed by atoms with Crippen molar-refractivity contribution in [2.45, 2.75) is 51.6 Å². The molecule has 1 aromatic rings. The number of hydrogen-bond acceptors (Lipinski definition) is 2. The Kier molecular flexibility index (Phi) is 4.41. The maximum Gasteiger partial charge on any atom is 0.0326 e. The smallest absolute Gasteiger partial charge is 0.0326 e. The average Bonchev–Trinajstić information content (AvgIpc) is 2.38. The van der Waals surface area contributed by atoms with Crippen LogP contribution in [0.1, 0.15) is 48.4 Å². The van der Waals surface area contributed by atoms with Crippen molar-refractivity contribution in [2.75, 3.05) is 7.05 Å². The lowest BCUT2D eigenvalue weighted by atomic mass is 9.78. The van der Waals surface area contributed by atoms with Gasteiger partial charge in [-0.05, 0) is 63.6 Å². The maximum atomic E-state index is 6.49. The van der Waals surface area contributed by atoms with E-state index in [0.717, 1.165) is 0 Å². The molecule has 1 unspecified atom stereocenters. The summed E-state index contributed by atoms with van der Waals surface area (Å²) in [7, 11) is 2.06. The van der Waals surface area contributed by atoms with E-state index in [1.807, 2.05) is 0 Å². The number of rotatable bonds is 3. The van der Waals surface area contributed by atoms with Crippen molar-refractivity contribution in [3.63, 3.8) is 0 Å². The van der Waals surface area contributed by atoms with Gasteiger partial charge in [0.2, 0.25) is 0 Å². The molecular weight excluding hydrogens is 220 g/mol. The van der Waals surface area contributed by atoms with Crippen molar-refractivity contribution in [1.29, 1.82) is 0 Å². The fourth-order valence-corrected chi connectivity index (χ4v) is 3.22. The van der Waals surface area contributed by atoms with Crippen molar-refractivity contribution < 1.29 is 0 Å². The second-order valence-electron chi connectivity index (χ2n) is 5.79. The zero-order valence-corrected chi connectivity index (χ0v) is 11.9. The van der Waals surface area contributed by atoms with E-state index in [-0.39, 0.29) is 6.04 Å². The Morgan fingerprint density at radius 3 is 2.39 bits per heavy atom. The maximum absolute atomic E-state index is 6.49. The minimum atomic E-state index is 0.211. The van der Waals surface area contributed by atoms with Crippen LogP contribution in [0.25, 0.3) is 0 Å². The summed E-state index contributed by atoms with van der Waals surface area (Å²) in [5.41, 5.74) is 10.5. The van der Waals surface area contributed by atoms with Crippen LogP contribution in [-0.4, -0.2) is 13.1 Å². The topological polar surface area (TPSA) is 38.0 Å². The van der Waals surface area contributed by atoms with Crippen LogP contribution >= 0.6 is 0 Å². The summed E-state index contributed by atoms with van der Waals surface area (Å²) in [6.45, 7) is 4.32. The molecule has 0 radical (unpaired) electrons. The van der Waals surface area contributed by atoms with E-state index >= 15 is 0 Å². The third kappa shape index (κ3) is 2.93. The normalized spacial score (nSPS) is 26.0. The molecule has 18 heavy (non-hydrogen) atoms. The summed E-state index contributed by atoms with van der Waals surface area (Å²) in [5, 5.41) is 3.38. The van der Waals surface area contributed by atoms with Crippen LogP contribution in [0.15, 0.2) is 18.2 Å². The van der Waals surface area contributed by atoms with Crippen LogP contribution in [0.2, 0.25) is 0 Å². The minimum Gasteiger partial charge on any atom is -0.324 e. The van der Waals surface area contributed by atoms with Crippen molar-refractivity contribution >= 4 is 0 Å². The molecule has 0 bridgehead atoms. The van der Waals surface area contributed by atoms with Crippen molar-refractivity contribution in [3.05, 3.63) is 34.9 Å². The van der Waals surface area contributed by atoms with Crippen molar-refractivity contribution in [2.24, 2.45) is 11.7 Å². The highest BCUT2D eigenvalue weighted by atomic mass is 14.9. The zero-order chi connectivity index (χ0) is 13.1. The summed E-state index contributed by atoms with van der Waals surface area (Å²) >= 11 is 0. The number of aryl methyl sites for hydroxylation is 2. The molecule has 2 rings (SSSR count). The predicted octanol–water partition coefficient (Wildman–Crippen LogP) is 3.08. The number of benzene rings is 1. The van der Waals surface area contributed by atoms with Gasteiger partial charge in [-0.25, -0.2) is 0 Å². The van der Waals surface area contributed by atoms with Gasteiger partial charge < -0.3 is 11.1 Å². The van der Waals surface area contributed by atoms with Gasteiger partial charge in [0.25, 0.3) is 0 Å². The van der Waals surface area contributed by atoms with Crippen molar-refractivity contribution in [3.8, 4) is 0 Å². The van der Waals surface area contributed by atoms with Gasteiger partial charge in [-0.3, -0.25) is 0 Å². The van der Waals surface area contributed by atoms with E-state index in [4.69, 9.17) is 5.73 Å². The van der Waals surface area contributed by atoms with E-state index < -0.39 is 0 Å². The first-order valence-corrected chi connectivity index (χ1v) is 7.12. The van der Waals surface area contributed by atoms with Crippen LogP contribution in [0.3, 0.4) is 0 Å². The fraction of sp³-hybridized carbons (Fsp3) is 0.625. The van der Waals surface area contributed by atoms with Crippen LogP contribution < -0.4 is 11.1 Å². The van der Waals surface area contributed by atoms with E-state index in [0.29, 0.717) is 12.0 Å². The molecule has 1 aromatic carbocycles. The molecule has 0 amide bonds. The molecule has 2 heteroatoms. The second-order valence-corrected chi connectivity index (χ2v) is 5.79. The molecule has 1 fully saturated rings. The standard InChI is InChI=1S/C16H26N2/c1-11-4-9-15(12(2)10-11)16(17)13-5-7-14(18-3)8-6-13/h4,9-10,13-14,16,18H,5-8,17H2,1-3H3. The summed E-state index contributed by atoms with van der Waals surface area (Å²) in [6.07, 6.45) is 5.03. The molecule has 1 aliphatic rings. The first-order chi connectivity index (χ1) is 8.61. The lowest BCUT2D eigenvalue weighted by Crippen LogP contribution is -2.34. The largest absolute Gasteiger partial charge is 0.324 e. The SMILES string of the molecule is CNC1CCC(C(N)c2ccc(C)cc2C)CC1. The molecule has 1 atom stereocenters. The molecule has 0 spiro atoms. The molecule has 1 aliphatic carbocycles. The Labute approximate surface area is 111 Å². The van der Waals surface area contributed by atoms with Gasteiger partial charge in [0, 0.05) is 12.1 Å². The number of hydrogen-bond donors (Lipinski definition) is 2. The minimum absolute atomic E-state index is 0.211. The Morgan fingerprint density at radius 2 is 1.83 bits per heavy atom. The third-order valence-electron chi connectivity index (χ3n) is 4.47. The highest BCUT2D eigenvalue weighted by molar-refractivity contribution is 5.33. The van der Waals surface area contributed by atoms with Gasteiger partial charge in [-0.1, -0.05) is 23.8 Å². The Bertz CT molecular complexity index is 392. The van der Waals surface area contributed by atoms with Gasteiger partial charge in [-0.15, -0.1) is 0 Å². The lowest BCUT2D eigenvalue weighted by molar-refractivity contribution is 0.266. The highest BCUT2D eigenvalue weighted by Crippen LogP contribution is 2.34. The molecule has 0 saturated heterocycles. The van der Waals surface area contributed by atoms with Gasteiger partial charge >= 0.3 is 0 Å². The lowest BCUT2D eigenvalue weighted by Gasteiger charge is -2.32. The summed E-state index contributed by atoms with van der Waals surface area (Å²) < 4.78 is 0. The zero-order valence-electron chi connectivity index (χ0n) is 11.9. The monoisotopic (exact) mass is 246 g/mol. The Morgan fingerprint density at radius 1 is 1.17 bits per heavy atom. The van der Waals surface area contributed by atoms with Crippen LogP contribution in [-0.2, 0) is 0 Å². The molecule has 0 heterocycles. The quantitative estimate of drug-likeness (QED) is 0.860. The average molecular weight is 246 g/mol. The molecule has 0 aliphatic heterocycles. The fourth-order valence-electron chi connectivity index (χ4n) is 3.22. The second kappa shape index (κ2) is 5.85. The first kappa shape index (κ1) is 13.6. The molecular formula is C16H26N2. The summed E-state index contributed by atoms with van der Waals surface area (Å²) in [6, 6.07) is 7.56. The molecule has 3 N–H and O–H groups in total. The Balaban J connectivity index is 2.05. The van der Waals surface area contributed by atoms with E-state index in [2.05, 4.69) is 44.4 Å². The molecule has 100 valence electrons. The van der Waals surface area contributed by atoms with Gasteiger partial charge in [0.15, 0.2) is 0 Å². The molecule has 1 saturated carbocycles. The molecule has 0 aromatic heterocycles.